The minimum atomic E-state index is -0.847. The second kappa shape index (κ2) is 6.62. The van der Waals surface area contributed by atoms with Crippen LogP contribution in [0.25, 0.3) is 0 Å². The Balaban J connectivity index is 5.04. The van der Waals surface area contributed by atoms with Crippen LogP contribution in [-0.4, -0.2) is 22.0 Å². The van der Waals surface area contributed by atoms with Crippen LogP contribution in [0.1, 0.15) is 74.7 Å². The van der Waals surface area contributed by atoms with E-state index in [-0.39, 0.29) is 16.7 Å². The monoisotopic (exact) mass is 297 g/mol. The Morgan fingerprint density at radius 3 is 1.86 bits per heavy atom. The van der Waals surface area contributed by atoms with Crippen molar-refractivity contribution in [2.75, 3.05) is 0 Å². The third kappa shape index (κ3) is 8.37. The Morgan fingerprint density at radius 1 is 1.05 bits per heavy atom. The van der Waals surface area contributed by atoms with Crippen molar-refractivity contribution in [3.63, 3.8) is 0 Å². The Hall–Kier alpha value is -0.670. The highest BCUT2D eigenvalue weighted by Crippen LogP contribution is 2.34. The normalized spacial score (nSPS) is 17.0. The number of aliphatic hydroxyl groups is 1. The number of hydrogen-bond acceptors (Lipinski definition) is 3. The van der Waals surface area contributed by atoms with Gasteiger partial charge in [0.2, 0.25) is 0 Å². The molecule has 0 aliphatic heterocycles. The maximum absolute atomic E-state index is 12.4. The molecule has 0 bridgehead atoms. The molecule has 0 amide bonds. The van der Waals surface area contributed by atoms with Gasteiger partial charge < -0.3 is 10.8 Å². The summed E-state index contributed by atoms with van der Waals surface area (Å²) >= 11 is 0. The van der Waals surface area contributed by atoms with E-state index in [9.17, 15) is 9.90 Å². The third-order valence-electron chi connectivity index (χ3n) is 3.85. The van der Waals surface area contributed by atoms with Gasteiger partial charge in [0.1, 0.15) is 0 Å². The summed E-state index contributed by atoms with van der Waals surface area (Å²) in [6, 6.07) is 0. The molecule has 0 saturated heterocycles. The fourth-order valence-electron chi connectivity index (χ4n) is 3.01. The molecule has 0 aliphatic rings. The van der Waals surface area contributed by atoms with Crippen LogP contribution in [0.15, 0.2) is 12.2 Å². The van der Waals surface area contributed by atoms with E-state index >= 15 is 0 Å². The lowest BCUT2D eigenvalue weighted by Crippen LogP contribution is -2.38. The average Bonchev–Trinajstić information content (AvgIpc) is 2.20. The summed E-state index contributed by atoms with van der Waals surface area (Å²) in [6.07, 6.45) is 5.88. The Labute approximate surface area is 131 Å². The summed E-state index contributed by atoms with van der Waals surface area (Å²) in [4.78, 5) is 12.4. The molecule has 3 N–H and O–H groups in total. The number of allylic oxidation sites excluding steroid dienone is 2. The van der Waals surface area contributed by atoms with Crippen molar-refractivity contribution in [1.29, 1.82) is 0 Å². The number of carbonyl (C=O) groups excluding carboxylic acids is 1. The smallest absolute Gasteiger partial charge is 0.161 e. The highest BCUT2D eigenvalue weighted by Gasteiger charge is 2.33. The van der Waals surface area contributed by atoms with E-state index in [0.29, 0.717) is 6.42 Å². The molecule has 0 aliphatic carbocycles. The van der Waals surface area contributed by atoms with Gasteiger partial charge >= 0.3 is 0 Å². The van der Waals surface area contributed by atoms with Gasteiger partial charge in [-0.15, -0.1) is 0 Å². The number of rotatable bonds is 8. The fourth-order valence-corrected chi connectivity index (χ4v) is 3.01. The molecule has 0 rings (SSSR count). The van der Waals surface area contributed by atoms with Crippen LogP contribution >= 0.6 is 0 Å². The van der Waals surface area contributed by atoms with E-state index in [2.05, 4.69) is 13.8 Å². The predicted octanol–water partition coefficient (Wildman–Crippen LogP) is 3.84. The zero-order valence-electron chi connectivity index (χ0n) is 15.2. The molecular formula is C18H35NO2. The van der Waals surface area contributed by atoms with E-state index in [1.807, 2.05) is 33.8 Å². The van der Waals surface area contributed by atoms with E-state index in [4.69, 9.17) is 5.73 Å². The van der Waals surface area contributed by atoms with Crippen molar-refractivity contribution < 1.29 is 9.90 Å². The first kappa shape index (κ1) is 20.3. The number of ketones is 1. The van der Waals surface area contributed by atoms with Gasteiger partial charge in [0.25, 0.3) is 0 Å². The average molecular weight is 297 g/mol. The van der Waals surface area contributed by atoms with Gasteiger partial charge in [-0.2, -0.15) is 0 Å². The maximum atomic E-state index is 12.4. The largest absolute Gasteiger partial charge is 0.390 e. The molecule has 0 heterocycles. The molecule has 124 valence electrons. The van der Waals surface area contributed by atoms with Gasteiger partial charge in [-0.3, -0.25) is 4.79 Å². The van der Waals surface area contributed by atoms with E-state index < -0.39 is 11.0 Å². The first-order chi connectivity index (χ1) is 9.10. The summed E-state index contributed by atoms with van der Waals surface area (Å²) in [7, 11) is 0. The highest BCUT2D eigenvalue weighted by molar-refractivity contribution is 5.94. The van der Waals surface area contributed by atoms with Gasteiger partial charge in [0.15, 0.2) is 5.78 Å². The molecule has 0 spiro atoms. The lowest BCUT2D eigenvalue weighted by molar-refractivity contribution is -0.125. The Bertz CT molecular complexity index is 383. The van der Waals surface area contributed by atoms with Crippen molar-refractivity contribution in [2.24, 2.45) is 16.6 Å². The van der Waals surface area contributed by atoms with Gasteiger partial charge in [-0.1, -0.05) is 33.8 Å². The molecule has 3 nitrogen and oxygen atoms in total. The molecule has 3 heteroatoms. The van der Waals surface area contributed by atoms with Gasteiger partial charge in [-0.25, -0.2) is 0 Å². The molecule has 0 aromatic carbocycles. The second-order valence-electron chi connectivity index (χ2n) is 8.74. The minimum Gasteiger partial charge on any atom is -0.390 e. The van der Waals surface area contributed by atoms with Crippen LogP contribution < -0.4 is 5.73 Å². The predicted molar refractivity (Wildman–Crippen MR) is 90.1 cm³/mol. The summed E-state index contributed by atoms with van der Waals surface area (Å²) < 4.78 is 0. The summed E-state index contributed by atoms with van der Waals surface area (Å²) in [5, 5.41) is 9.94. The van der Waals surface area contributed by atoms with Crippen LogP contribution in [0.3, 0.4) is 0 Å². The third-order valence-corrected chi connectivity index (χ3v) is 3.85. The number of nitrogens with two attached hydrogens (primary N) is 1. The molecule has 0 saturated carbocycles. The SMILES string of the molecule is CCC(C)(C=CC(=O)C(C)(C)CC(C)(C)O)CC(C)(C)N. The van der Waals surface area contributed by atoms with Crippen molar-refractivity contribution in [3.8, 4) is 0 Å². The van der Waals surface area contributed by atoms with Crippen molar-refractivity contribution in [3.05, 3.63) is 12.2 Å². The van der Waals surface area contributed by atoms with Crippen LogP contribution in [0.4, 0.5) is 0 Å². The van der Waals surface area contributed by atoms with Crippen LogP contribution in [0, 0.1) is 10.8 Å². The quantitative estimate of drug-likeness (QED) is 0.669. The van der Waals surface area contributed by atoms with E-state index in [1.54, 1.807) is 19.9 Å². The van der Waals surface area contributed by atoms with E-state index in [0.717, 1.165) is 12.8 Å². The molecule has 0 fully saturated rings. The lowest BCUT2D eigenvalue weighted by atomic mass is 9.74. The van der Waals surface area contributed by atoms with Gasteiger partial charge in [0.05, 0.1) is 5.60 Å². The molecule has 0 aromatic heterocycles. The lowest BCUT2D eigenvalue weighted by Gasteiger charge is -2.33. The minimum absolute atomic E-state index is 0.0547. The Kier molecular flexibility index (Phi) is 6.41. The first-order valence-electron chi connectivity index (χ1n) is 7.85. The zero-order chi connectivity index (χ0) is 17.1. The van der Waals surface area contributed by atoms with Crippen molar-refractivity contribution in [1.82, 2.24) is 0 Å². The Morgan fingerprint density at radius 2 is 1.52 bits per heavy atom. The molecule has 21 heavy (non-hydrogen) atoms. The van der Waals surface area contributed by atoms with Crippen LogP contribution in [-0.2, 0) is 4.79 Å². The molecular weight excluding hydrogens is 262 g/mol. The standard InChI is InChI=1S/C18H35NO2/c1-9-18(8,13-16(4,5)19)11-10-14(20)15(2,3)12-17(6,7)21/h10-11,21H,9,12-13,19H2,1-8H3. The topological polar surface area (TPSA) is 63.3 Å². The fraction of sp³-hybridized carbons (Fsp3) is 0.833. The van der Waals surface area contributed by atoms with Crippen molar-refractivity contribution >= 4 is 5.78 Å². The first-order valence-corrected chi connectivity index (χ1v) is 7.85. The maximum Gasteiger partial charge on any atom is 0.161 e. The zero-order valence-corrected chi connectivity index (χ0v) is 15.2. The summed E-state index contributed by atoms with van der Waals surface area (Å²) in [6.45, 7) is 15.5. The molecule has 1 atom stereocenters. The number of hydrogen-bond donors (Lipinski definition) is 2. The molecule has 1 unspecified atom stereocenters. The second-order valence-corrected chi connectivity index (χ2v) is 8.74. The summed E-state index contributed by atoms with van der Waals surface area (Å²) in [5.74, 6) is 0.0547. The van der Waals surface area contributed by atoms with Gasteiger partial charge in [-0.05, 0) is 58.4 Å². The van der Waals surface area contributed by atoms with Crippen LogP contribution in [0.2, 0.25) is 0 Å². The molecule has 0 aromatic rings. The van der Waals surface area contributed by atoms with Crippen LogP contribution in [0.5, 0.6) is 0 Å². The molecule has 0 radical (unpaired) electrons. The van der Waals surface area contributed by atoms with Gasteiger partial charge in [0, 0.05) is 11.0 Å². The van der Waals surface area contributed by atoms with Crippen molar-refractivity contribution in [2.45, 2.75) is 85.8 Å². The highest BCUT2D eigenvalue weighted by atomic mass is 16.3. The summed E-state index contributed by atoms with van der Waals surface area (Å²) in [5.41, 5.74) is 4.36. The number of carbonyl (C=O) groups is 1. The van der Waals surface area contributed by atoms with E-state index in [1.165, 1.54) is 0 Å².